The Bertz CT molecular complexity index is 1690. The lowest BCUT2D eigenvalue weighted by Gasteiger charge is -2.53. The molecule has 0 radical (unpaired) electrons. The van der Waals surface area contributed by atoms with Crippen LogP contribution in [-0.2, 0) is 19.2 Å². The number of hydrogen-bond donors (Lipinski definition) is 9. The third-order valence-corrected chi connectivity index (χ3v) is 12.0. The molecule has 3 aliphatic carbocycles. The number of hydrogen-bond acceptors (Lipinski definition) is 12. The number of anilines is 1. The smallest absolute Gasteiger partial charge is 0.315 e. The molecule has 3 unspecified atom stereocenters. The van der Waals surface area contributed by atoms with Crippen molar-refractivity contribution in [2.45, 2.75) is 73.6 Å². The van der Waals surface area contributed by atoms with Gasteiger partial charge in [-0.25, -0.2) is 4.79 Å². The van der Waals surface area contributed by atoms with Crippen molar-refractivity contribution in [2.75, 3.05) is 25.2 Å². The quantitative estimate of drug-likeness (QED) is 0.0768. The van der Waals surface area contributed by atoms with Gasteiger partial charge in [-0.3, -0.25) is 24.1 Å². The van der Waals surface area contributed by atoms with Gasteiger partial charge in [0.05, 0.1) is 41.4 Å². The zero-order valence-corrected chi connectivity index (χ0v) is 27.3. The molecule has 9 atom stereocenters. The molecule has 1 aromatic carbocycles. The van der Waals surface area contributed by atoms with E-state index in [1.165, 1.54) is 31.1 Å². The molecule has 3 fully saturated rings. The topological polar surface area (TPSA) is 252 Å². The molecular weight excluding hydrogens is 646 g/mol. The molecule has 16 heteroatoms. The van der Waals surface area contributed by atoms with Gasteiger partial charge < -0.3 is 47.2 Å². The first-order valence-electron chi connectivity index (χ1n) is 15.8. The van der Waals surface area contributed by atoms with Crippen molar-refractivity contribution in [3.63, 3.8) is 0 Å². The number of phenols is 1. The highest BCUT2D eigenvalue weighted by atomic mass is 32.2. The van der Waals surface area contributed by atoms with E-state index in [1.807, 2.05) is 0 Å². The minimum atomic E-state index is -3.01. The number of aliphatic hydroxyl groups is 4. The van der Waals surface area contributed by atoms with E-state index in [1.54, 1.807) is 18.7 Å². The Morgan fingerprint density at radius 2 is 1.83 bits per heavy atom. The molecular formula is C32H39N5O10S. The Labute approximate surface area is 279 Å². The summed E-state index contributed by atoms with van der Waals surface area (Å²) in [7, 11) is 2.88. The number of nitrogens with two attached hydrogens (primary N) is 1. The average molecular weight is 686 g/mol. The third-order valence-electron chi connectivity index (χ3n) is 10.5. The van der Waals surface area contributed by atoms with Crippen molar-refractivity contribution < 1.29 is 49.5 Å². The maximum atomic E-state index is 14.1. The summed E-state index contributed by atoms with van der Waals surface area (Å²) in [4.78, 5) is 65.4. The van der Waals surface area contributed by atoms with Gasteiger partial charge in [0.15, 0.2) is 11.4 Å². The minimum absolute atomic E-state index is 0.0411. The van der Waals surface area contributed by atoms with Crippen molar-refractivity contribution in [3.8, 4) is 5.75 Å². The summed E-state index contributed by atoms with van der Waals surface area (Å²) in [6.07, 6.45) is 0.538. The number of nitrogens with one attached hydrogen (secondary N) is 3. The Kier molecular flexibility index (Phi) is 8.50. The Morgan fingerprint density at radius 1 is 1.12 bits per heavy atom. The number of carbonyl (C=O) groups excluding carboxylic acids is 5. The molecule has 1 aromatic rings. The summed E-state index contributed by atoms with van der Waals surface area (Å²) in [5.41, 5.74) is 0.927. The molecule has 0 spiro atoms. The fourth-order valence-corrected chi connectivity index (χ4v) is 9.75. The van der Waals surface area contributed by atoms with E-state index in [0.717, 1.165) is 18.6 Å². The molecule has 15 nitrogen and oxygen atoms in total. The summed E-state index contributed by atoms with van der Waals surface area (Å²) in [6, 6.07) is 1.56. The molecule has 258 valence electrons. The number of thioether (sulfide) groups is 1. The van der Waals surface area contributed by atoms with Gasteiger partial charge in [-0.15, -0.1) is 0 Å². The molecule has 2 aliphatic heterocycles. The number of benzene rings is 1. The van der Waals surface area contributed by atoms with E-state index in [-0.39, 0.29) is 41.0 Å². The van der Waals surface area contributed by atoms with Gasteiger partial charge in [-0.05, 0) is 44.5 Å². The van der Waals surface area contributed by atoms with Crippen LogP contribution < -0.4 is 21.7 Å². The number of aliphatic hydroxyl groups excluding tert-OH is 3. The Morgan fingerprint density at radius 3 is 2.50 bits per heavy atom. The Balaban J connectivity index is 1.26. The first kappa shape index (κ1) is 33.8. The summed E-state index contributed by atoms with van der Waals surface area (Å²) in [5.74, 6) is -9.43. The molecule has 1 saturated carbocycles. The number of amides is 4. The van der Waals surface area contributed by atoms with Crippen LogP contribution in [0, 0.1) is 11.8 Å². The zero-order valence-electron chi connectivity index (χ0n) is 26.5. The second kappa shape index (κ2) is 12.1. The van der Waals surface area contributed by atoms with Crippen LogP contribution >= 0.6 is 11.8 Å². The van der Waals surface area contributed by atoms with Gasteiger partial charge in [0.25, 0.3) is 5.91 Å². The van der Waals surface area contributed by atoms with Crippen molar-refractivity contribution in [1.29, 1.82) is 0 Å². The van der Waals surface area contributed by atoms with Crippen molar-refractivity contribution in [2.24, 2.45) is 17.6 Å². The standard InChI is InChI=1S/C32H39N5O10S/c1-11-12-8-9-13(34-16(38)7-5-4-6-15-22-14(10-48-15)35-31(46)36-22)24(39)18(12)25(40)19-17(11)26(41)21-23(37(2)3)27(42)20(30(33)45)29(44)32(21,47)28(19)43/h8-9,11,14-15,17,21-23,26,39-41,44,47H,4-7,10H2,1-3H3,(H2,33,45)(H,34,38)(H2,35,36,46)/t11-,14-,15-,17?,21?,22-,23-,26?,32-/m0/s1. The molecule has 6 rings (SSSR count). The number of ketones is 2. The molecule has 0 bridgehead atoms. The highest BCUT2D eigenvalue weighted by Gasteiger charge is 2.68. The van der Waals surface area contributed by atoms with E-state index in [9.17, 15) is 49.5 Å². The summed E-state index contributed by atoms with van der Waals surface area (Å²) in [6.45, 7) is 1.63. The van der Waals surface area contributed by atoms with E-state index < -0.39 is 87.3 Å². The van der Waals surface area contributed by atoms with Crippen LogP contribution in [0.3, 0.4) is 0 Å². The molecule has 5 aliphatic rings. The van der Waals surface area contributed by atoms with Crippen LogP contribution in [0.5, 0.6) is 5.75 Å². The minimum Gasteiger partial charge on any atom is -0.508 e. The summed E-state index contributed by atoms with van der Waals surface area (Å²) in [5, 5.41) is 66.1. The number of urea groups is 1. The number of rotatable bonds is 8. The van der Waals surface area contributed by atoms with Crippen LogP contribution in [0.1, 0.15) is 49.7 Å². The van der Waals surface area contributed by atoms with E-state index >= 15 is 0 Å². The van der Waals surface area contributed by atoms with Gasteiger partial charge in [0.2, 0.25) is 11.7 Å². The maximum Gasteiger partial charge on any atom is 0.315 e. The first-order chi connectivity index (χ1) is 22.6. The lowest BCUT2D eigenvalue weighted by atomic mass is 9.54. The highest BCUT2D eigenvalue weighted by Crippen LogP contribution is 2.56. The number of nitrogens with zero attached hydrogens (tertiary/aromatic N) is 1. The SMILES string of the molecule is C[C@H]1c2ccc(NC(=O)CCCC[C@@H]3SC[C@@H]4NC(=O)N[C@@H]43)c(O)c2C(O)=C2C(=O)[C@]3(O)C(O)=C(C(N)=O)C(=O)[C@@H](N(C)C)C3C(O)C21. The fraction of sp³-hybridized carbons (Fsp3) is 0.531. The third kappa shape index (κ3) is 4.95. The van der Waals surface area contributed by atoms with Gasteiger partial charge in [-0.1, -0.05) is 19.4 Å². The summed E-state index contributed by atoms with van der Waals surface area (Å²) >= 11 is 1.78. The van der Waals surface area contributed by atoms with E-state index in [2.05, 4.69) is 16.0 Å². The second-order valence-electron chi connectivity index (χ2n) is 13.4. The van der Waals surface area contributed by atoms with Gasteiger partial charge >= 0.3 is 6.03 Å². The van der Waals surface area contributed by atoms with E-state index in [0.29, 0.717) is 12.0 Å². The molecule has 0 aromatic heterocycles. The number of likely N-dealkylation sites (N-methyl/N-ethyl adjacent to an activating group) is 1. The number of Topliss-reactive ketones (excluding diaryl/α,β-unsaturated/α-hetero) is 2. The van der Waals surface area contributed by atoms with Crippen molar-refractivity contribution >= 4 is 52.6 Å². The van der Waals surface area contributed by atoms with Gasteiger partial charge in [0.1, 0.15) is 22.8 Å². The number of phenolic OH excluding ortho intramolecular Hbond substituents is 1. The van der Waals surface area contributed by atoms with Gasteiger partial charge in [-0.2, -0.15) is 11.8 Å². The van der Waals surface area contributed by atoms with E-state index in [4.69, 9.17) is 5.73 Å². The van der Waals surface area contributed by atoms with Crippen LogP contribution in [0.25, 0.3) is 5.76 Å². The van der Waals surface area contributed by atoms with Crippen LogP contribution in [-0.4, -0.2) is 115 Å². The molecule has 2 heterocycles. The predicted octanol–water partition coefficient (Wildman–Crippen LogP) is 0.160. The second-order valence-corrected chi connectivity index (χ2v) is 14.7. The zero-order chi connectivity index (χ0) is 35.0. The van der Waals surface area contributed by atoms with Crippen LogP contribution in [0.15, 0.2) is 29.0 Å². The van der Waals surface area contributed by atoms with Crippen molar-refractivity contribution in [1.82, 2.24) is 15.5 Å². The Hall–Kier alpha value is -4.12. The number of primary amides is 1. The largest absolute Gasteiger partial charge is 0.508 e. The molecule has 2 saturated heterocycles. The average Bonchev–Trinajstić information content (AvgIpc) is 3.57. The van der Waals surface area contributed by atoms with Crippen LogP contribution in [0.2, 0.25) is 0 Å². The monoisotopic (exact) mass is 685 g/mol. The number of aromatic hydroxyl groups is 1. The number of carbonyl (C=O) groups is 5. The normalized spacial score (nSPS) is 33.9. The van der Waals surface area contributed by atoms with Crippen molar-refractivity contribution in [3.05, 3.63) is 40.2 Å². The first-order valence-corrected chi connectivity index (χ1v) is 16.8. The van der Waals surface area contributed by atoms with Gasteiger partial charge in [0, 0.05) is 28.9 Å². The fourth-order valence-electron chi connectivity index (χ4n) is 8.20. The summed E-state index contributed by atoms with van der Waals surface area (Å²) < 4.78 is 0. The number of fused-ring (bicyclic) bond motifs is 4. The predicted molar refractivity (Wildman–Crippen MR) is 173 cm³/mol. The lowest BCUT2D eigenvalue weighted by Crippen LogP contribution is -2.70. The van der Waals surface area contributed by atoms with Crippen LogP contribution in [0.4, 0.5) is 10.5 Å². The number of unbranched alkanes of at least 4 members (excludes halogenated alkanes) is 1. The molecule has 10 N–H and O–H groups in total. The highest BCUT2D eigenvalue weighted by molar-refractivity contribution is 8.00. The maximum absolute atomic E-state index is 14.1. The molecule has 48 heavy (non-hydrogen) atoms. The molecule has 4 amide bonds. The lowest BCUT2D eigenvalue weighted by molar-refractivity contribution is -0.169.